The summed E-state index contributed by atoms with van der Waals surface area (Å²) >= 11 is 1.08. The number of nitrogens with one attached hydrogen (secondary N) is 1. The van der Waals surface area contributed by atoms with Gasteiger partial charge in [0.1, 0.15) is 10.5 Å². The van der Waals surface area contributed by atoms with Crippen molar-refractivity contribution in [3.63, 3.8) is 0 Å². The van der Waals surface area contributed by atoms with E-state index in [9.17, 15) is 9.59 Å². The highest BCUT2D eigenvalue weighted by molar-refractivity contribution is 8.02. The number of thioether (sulfide) groups is 1. The van der Waals surface area contributed by atoms with E-state index in [1.807, 2.05) is 19.1 Å². The Labute approximate surface area is 122 Å². The molecule has 0 heterocycles. The van der Waals surface area contributed by atoms with Crippen molar-refractivity contribution in [3.8, 4) is 5.75 Å². The lowest BCUT2D eigenvalue weighted by Gasteiger charge is -2.18. The van der Waals surface area contributed by atoms with E-state index in [-0.39, 0.29) is 11.7 Å². The van der Waals surface area contributed by atoms with Crippen LogP contribution in [0.2, 0.25) is 0 Å². The fourth-order valence-electron chi connectivity index (χ4n) is 1.41. The van der Waals surface area contributed by atoms with Crippen LogP contribution in [0.25, 0.3) is 0 Å². The smallest absolute Gasteiger partial charge is 0.319 e. The van der Waals surface area contributed by atoms with Crippen molar-refractivity contribution >= 4 is 29.3 Å². The quantitative estimate of drug-likeness (QED) is 0.844. The second-order valence-electron chi connectivity index (χ2n) is 4.86. The minimum Gasteiger partial charge on any atom is -0.495 e. The Morgan fingerprint density at radius 2 is 2.05 bits per heavy atom. The molecule has 110 valence electrons. The van der Waals surface area contributed by atoms with E-state index in [1.54, 1.807) is 19.9 Å². The van der Waals surface area contributed by atoms with Crippen molar-refractivity contribution in [2.75, 3.05) is 18.2 Å². The Morgan fingerprint density at radius 3 is 2.60 bits per heavy atom. The van der Waals surface area contributed by atoms with E-state index in [2.05, 4.69) is 5.32 Å². The lowest BCUT2D eigenvalue weighted by Crippen LogP contribution is -2.29. The fourth-order valence-corrected chi connectivity index (χ4v) is 2.10. The van der Waals surface area contributed by atoms with Crippen molar-refractivity contribution in [2.45, 2.75) is 25.5 Å². The topological polar surface area (TPSA) is 75.6 Å². The number of aliphatic carboxylic acids is 1. The van der Waals surface area contributed by atoms with Crippen LogP contribution in [0, 0.1) is 6.92 Å². The molecule has 0 aliphatic carbocycles. The van der Waals surface area contributed by atoms with Gasteiger partial charge in [-0.1, -0.05) is 6.07 Å². The first-order valence-electron chi connectivity index (χ1n) is 6.08. The number of aryl methyl sites for hydroxylation is 1. The minimum absolute atomic E-state index is 0.0659. The summed E-state index contributed by atoms with van der Waals surface area (Å²) in [5.41, 5.74) is 1.59. The summed E-state index contributed by atoms with van der Waals surface area (Å²) in [5, 5.41) is 11.7. The monoisotopic (exact) mass is 297 g/mol. The van der Waals surface area contributed by atoms with Crippen LogP contribution in [0.3, 0.4) is 0 Å². The molecule has 6 heteroatoms. The molecule has 0 aliphatic heterocycles. The van der Waals surface area contributed by atoms with Crippen LogP contribution in [0.15, 0.2) is 18.2 Å². The largest absolute Gasteiger partial charge is 0.495 e. The number of hydrogen-bond donors (Lipinski definition) is 2. The molecule has 0 unspecified atom stereocenters. The van der Waals surface area contributed by atoms with Crippen LogP contribution in [0.4, 0.5) is 5.69 Å². The van der Waals surface area contributed by atoms with E-state index < -0.39 is 10.7 Å². The van der Waals surface area contributed by atoms with Crippen LogP contribution in [-0.4, -0.2) is 34.6 Å². The van der Waals surface area contributed by atoms with Gasteiger partial charge >= 0.3 is 5.97 Å². The van der Waals surface area contributed by atoms with E-state index in [0.717, 1.165) is 17.3 Å². The van der Waals surface area contributed by atoms with Gasteiger partial charge in [0.2, 0.25) is 5.91 Å². The van der Waals surface area contributed by atoms with E-state index >= 15 is 0 Å². The van der Waals surface area contributed by atoms with Gasteiger partial charge in [-0.05, 0) is 38.5 Å². The van der Waals surface area contributed by atoms with Gasteiger partial charge in [-0.15, -0.1) is 11.8 Å². The zero-order valence-electron chi connectivity index (χ0n) is 12.0. The number of carboxylic acid groups (broad SMARTS) is 1. The van der Waals surface area contributed by atoms with Gasteiger partial charge in [0.25, 0.3) is 0 Å². The molecule has 0 spiro atoms. The molecule has 5 nitrogen and oxygen atoms in total. The second kappa shape index (κ2) is 6.65. The third kappa shape index (κ3) is 4.45. The Morgan fingerprint density at radius 1 is 1.40 bits per heavy atom. The highest BCUT2D eigenvalue weighted by Gasteiger charge is 2.28. The molecule has 0 saturated carbocycles. The Bertz CT molecular complexity index is 514. The van der Waals surface area contributed by atoms with Gasteiger partial charge < -0.3 is 15.2 Å². The molecule has 0 atom stereocenters. The summed E-state index contributed by atoms with van der Waals surface area (Å²) < 4.78 is 4.18. The molecule has 2 N–H and O–H groups in total. The maximum atomic E-state index is 11.9. The highest BCUT2D eigenvalue weighted by atomic mass is 32.2. The lowest BCUT2D eigenvalue weighted by atomic mass is 10.2. The summed E-state index contributed by atoms with van der Waals surface area (Å²) in [6.07, 6.45) is 0. The summed E-state index contributed by atoms with van der Waals surface area (Å²) in [6, 6.07) is 5.47. The molecule has 0 saturated heterocycles. The molecule has 1 aromatic carbocycles. The third-order valence-electron chi connectivity index (χ3n) is 2.71. The molecule has 0 bridgehead atoms. The molecule has 1 amide bonds. The Hall–Kier alpha value is -1.69. The maximum Gasteiger partial charge on any atom is 0.319 e. The Balaban J connectivity index is 2.68. The zero-order chi connectivity index (χ0) is 15.3. The molecule has 1 aromatic rings. The molecule has 0 aliphatic rings. The molecule has 0 radical (unpaired) electrons. The number of rotatable bonds is 6. The van der Waals surface area contributed by atoms with Gasteiger partial charge in [0, 0.05) is 0 Å². The second-order valence-corrected chi connectivity index (χ2v) is 6.45. The summed E-state index contributed by atoms with van der Waals surface area (Å²) in [4.78, 5) is 22.8. The maximum absolute atomic E-state index is 11.9. The van der Waals surface area contributed by atoms with Gasteiger partial charge in [-0.3, -0.25) is 9.59 Å². The van der Waals surface area contributed by atoms with Crippen molar-refractivity contribution in [2.24, 2.45) is 0 Å². The number of carboxylic acids is 1. The summed E-state index contributed by atoms with van der Waals surface area (Å²) in [7, 11) is 1.53. The van der Waals surface area contributed by atoms with E-state index in [1.165, 1.54) is 7.11 Å². The number of hydrogen-bond acceptors (Lipinski definition) is 4. The zero-order valence-corrected chi connectivity index (χ0v) is 12.8. The van der Waals surface area contributed by atoms with Crippen molar-refractivity contribution in [1.82, 2.24) is 0 Å². The molecular formula is C14H19NO4S. The first-order valence-corrected chi connectivity index (χ1v) is 7.06. The Kier molecular flexibility index (Phi) is 5.44. The third-order valence-corrected chi connectivity index (χ3v) is 4.01. The number of carbonyl (C=O) groups is 2. The first kappa shape index (κ1) is 16.4. The van der Waals surface area contributed by atoms with Crippen molar-refractivity contribution in [3.05, 3.63) is 23.8 Å². The van der Waals surface area contributed by atoms with Crippen LogP contribution in [-0.2, 0) is 9.59 Å². The number of carbonyl (C=O) groups excluding carboxylic acids is 1. The normalized spacial score (nSPS) is 11.0. The predicted octanol–water partition coefficient (Wildman–Crippen LogP) is 2.54. The molecule has 0 aromatic heterocycles. The standard InChI is InChI=1S/C14H19NO4S/c1-9-5-6-11(19-4)10(7-9)15-12(16)8-20-14(2,3)13(17)18/h5-7H,8H2,1-4H3,(H,15,16)(H,17,18). The number of benzene rings is 1. The van der Waals surface area contributed by atoms with Crippen LogP contribution in [0.1, 0.15) is 19.4 Å². The van der Waals surface area contributed by atoms with E-state index in [4.69, 9.17) is 9.84 Å². The molecule has 0 fully saturated rings. The first-order chi connectivity index (χ1) is 9.26. The van der Waals surface area contributed by atoms with Gasteiger partial charge in [-0.25, -0.2) is 0 Å². The van der Waals surface area contributed by atoms with Gasteiger partial charge in [0.15, 0.2) is 0 Å². The number of ether oxygens (including phenoxy) is 1. The molecule has 20 heavy (non-hydrogen) atoms. The summed E-state index contributed by atoms with van der Waals surface area (Å²) in [5.74, 6) is -0.556. The molecular weight excluding hydrogens is 278 g/mol. The number of anilines is 1. The average molecular weight is 297 g/mol. The van der Waals surface area contributed by atoms with Crippen molar-refractivity contribution < 1.29 is 19.4 Å². The highest BCUT2D eigenvalue weighted by Crippen LogP contribution is 2.27. The lowest BCUT2D eigenvalue weighted by molar-refractivity contribution is -0.138. The number of amides is 1. The number of methoxy groups -OCH3 is 1. The van der Waals surface area contributed by atoms with Crippen molar-refractivity contribution in [1.29, 1.82) is 0 Å². The minimum atomic E-state index is -0.992. The van der Waals surface area contributed by atoms with E-state index in [0.29, 0.717) is 11.4 Å². The predicted molar refractivity (Wildman–Crippen MR) is 80.5 cm³/mol. The summed E-state index contributed by atoms with van der Waals surface area (Å²) in [6.45, 7) is 5.05. The van der Waals surface area contributed by atoms with Crippen LogP contribution in [0.5, 0.6) is 5.75 Å². The SMILES string of the molecule is COc1ccc(C)cc1NC(=O)CSC(C)(C)C(=O)O. The average Bonchev–Trinajstić information content (AvgIpc) is 2.36. The fraction of sp³-hybridized carbons (Fsp3) is 0.429. The van der Waals surface area contributed by atoms with Gasteiger partial charge in [0.05, 0.1) is 18.6 Å². The van der Waals surface area contributed by atoms with Crippen LogP contribution < -0.4 is 10.1 Å². The molecule has 1 rings (SSSR count). The van der Waals surface area contributed by atoms with Gasteiger partial charge in [-0.2, -0.15) is 0 Å². The van der Waals surface area contributed by atoms with Crippen LogP contribution >= 0.6 is 11.8 Å².